The monoisotopic (exact) mass is 381 g/mol. The van der Waals surface area contributed by atoms with Crippen LogP contribution in [0.4, 0.5) is 0 Å². The van der Waals surface area contributed by atoms with Crippen molar-refractivity contribution in [1.29, 1.82) is 0 Å². The molecule has 1 aliphatic heterocycles. The van der Waals surface area contributed by atoms with E-state index < -0.39 is 41.8 Å². The van der Waals surface area contributed by atoms with Crippen LogP contribution in [0.25, 0.3) is 0 Å². The maximum Gasteiger partial charge on any atom is 0.326 e. The molecule has 2 bridgehead atoms. The van der Waals surface area contributed by atoms with Crippen LogP contribution in [-0.4, -0.2) is 58.1 Å². The van der Waals surface area contributed by atoms with E-state index in [1.165, 1.54) is 0 Å². The van der Waals surface area contributed by atoms with E-state index in [0.29, 0.717) is 25.2 Å². The first-order valence-corrected chi connectivity index (χ1v) is 9.61. The number of hydrogen-bond acceptors (Lipinski definition) is 5. The van der Waals surface area contributed by atoms with Gasteiger partial charge in [0.1, 0.15) is 6.04 Å². The highest BCUT2D eigenvalue weighted by molar-refractivity contribution is 5.89. The molecule has 3 saturated carbocycles. The number of nitrogens with one attached hydrogen (secondary N) is 3. The molecular formula is C18H27N3O6. The topological polar surface area (TPSA) is 145 Å². The van der Waals surface area contributed by atoms with Crippen LogP contribution >= 0.6 is 0 Å². The van der Waals surface area contributed by atoms with Gasteiger partial charge < -0.3 is 26.2 Å². The first-order valence-electron chi connectivity index (χ1n) is 9.61. The van der Waals surface area contributed by atoms with Crippen LogP contribution in [0.1, 0.15) is 51.4 Å². The Balaban J connectivity index is 1.73. The molecule has 9 heteroatoms. The summed E-state index contributed by atoms with van der Waals surface area (Å²) in [4.78, 5) is 47.7. The maximum atomic E-state index is 12.9. The molecule has 3 aliphatic carbocycles. The molecule has 3 atom stereocenters. The molecule has 1 heterocycles. The van der Waals surface area contributed by atoms with E-state index in [9.17, 15) is 24.3 Å². The summed E-state index contributed by atoms with van der Waals surface area (Å²) in [6.07, 6.45) is 4.84. The highest BCUT2D eigenvalue weighted by atomic mass is 16.4. The Morgan fingerprint density at radius 1 is 1.07 bits per heavy atom. The van der Waals surface area contributed by atoms with Gasteiger partial charge in [0.25, 0.3) is 0 Å². The Bertz CT molecular complexity index is 623. The number of aliphatic carboxylic acids is 2. The number of carboxylic acid groups (broad SMARTS) is 2. The van der Waals surface area contributed by atoms with E-state index in [1.54, 1.807) is 0 Å². The summed E-state index contributed by atoms with van der Waals surface area (Å²) in [6.45, 7) is 0.798. The molecule has 0 aromatic heterocycles. The highest BCUT2D eigenvalue weighted by Crippen LogP contribution is 2.48. The molecule has 0 aromatic rings. The molecule has 0 unspecified atom stereocenters. The van der Waals surface area contributed by atoms with Gasteiger partial charge in [-0.1, -0.05) is 0 Å². The summed E-state index contributed by atoms with van der Waals surface area (Å²) < 4.78 is 0. The van der Waals surface area contributed by atoms with E-state index in [4.69, 9.17) is 5.11 Å². The fourth-order valence-corrected chi connectivity index (χ4v) is 4.79. The fourth-order valence-electron chi connectivity index (χ4n) is 4.79. The predicted molar refractivity (Wildman–Crippen MR) is 93.8 cm³/mol. The van der Waals surface area contributed by atoms with Crippen LogP contribution in [0.5, 0.6) is 0 Å². The summed E-state index contributed by atoms with van der Waals surface area (Å²) in [7, 11) is 0. The second kappa shape index (κ2) is 7.84. The fraction of sp³-hybridized carbons (Fsp3) is 0.778. The van der Waals surface area contributed by atoms with Crippen molar-refractivity contribution in [2.45, 2.75) is 69.0 Å². The highest BCUT2D eigenvalue weighted by Gasteiger charge is 2.52. The minimum Gasteiger partial charge on any atom is -0.481 e. The Hall–Kier alpha value is -2.16. The van der Waals surface area contributed by atoms with Gasteiger partial charge in [-0.2, -0.15) is 0 Å². The van der Waals surface area contributed by atoms with Gasteiger partial charge in [0.2, 0.25) is 11.8 Å². The molecule has 4 rings (SSSR count). The van der Waals surface area contributed by atoms with Crippen molar-refractivity contribution in [3.8, 4) is 0 Å². The third-order valence-corrected chi connectivity index (χ3v) is 6.29. The summed E-state index contributed by atoms with van der Waals surface area (Å²) in [5.74, 6) is -3.40. The zero-order valence-electron chi connectivity index (χ0n) is 15.2. The van der Waals surface area contributed by atoms with Crippen LogP contribution in [0, 0.1) is 11.8 Å². The molecule has 0 radical (unpaired) electrons. The van der Waals surface area contributed by atoms with E-state index in [2.05, 4.69) is 16.0 Å². The summed E-state index contributed by atoms with van der Waals surface area (Å²) in [5.41, 5.74) is -0.674. The standard InChI is InChI=1S/C18H27N3O6/c22-14(23)9-13(17(26)27)20-15(24)11-8-10-3-5-18(11,6-4-10)21-16(25)12-2-1-7-19-12/h10-13,19H,1-9H2,(H,20,24)(H,21,25)(H,22,23)(H,26,27)/t10?,11-,12-,13-,18?/m0/s1. The zero-order chi connectivity index (χ0) is 19.6. The van der Waals surface area contributed by atoms with Gasteiger partial charge in [-0.3, -0.25) is 14.4 Å². The van der Waals surface area contributed by atoms with Crippen molar-refractivity contribution in [3.63, 3.8) is 0 Å². The van der Waals surface area contributed by atoms with E-state index in [-0.39, 0.29) is 11.9 Å². The lowest BCUT2D eigenvalue weighted by molar-refractivity contribution is -0.149. The van der Waals surface area contributed by atoms with Gasteiger partial charge in [-0.05, 0) is 57.4 Å². The molecule has 2 amide bonds. The first-order chi connectivity index (χ1) is 12.8. The Morgan fingerprint density at radius 2 is 1.78 bits per heavy atom. The Morgan fingerprint density at radius 3 is 2.33 bits per heavy atom. The molecule has 0 spiro atoms. The molecule has 4 fully saturated rings. The van der Waals surface area contributed by atoms with Crippen molar-refractivity contribution < 1.29 is 29.4 Å². The van der Waals surface area contributed by atoms with E-state index >= 15 is 0 Å². The number of carbonyl (C=O) groups excluding carboxylic acids is 2. The Labute approximate surface area is 157 Å². The lowest BCUT2D eigenvalue weighted by Gasteiger charge is -2.52. The first kappa shape index (κ1) is 19.6. The number of carbonyl (C=O) groups is 4. The lowest BCUT2D eigenvalue weighted by Crippen LogP contribution is -2.65. The summed E-state index contributed by atoms with van der Waals surface area (Å²) in [6, 6.07) is -1.72. The van der Waals surface area contributed by atoms with E-state index in [1.807, 2.05) is 0 Å². The van der Waals surface area contributed by atoms with Crippen molar-refractivity contribution in [2.24, 2.45) is 11.8 Å². The maximum absolute atomic E-state index is 12.9. The van der Waals surface area contributed by atoms with Gasteiger partial charge in [0, 0.05) is 0 Å². The molecule has 150 valence electrons. The SMILES string of the molecule is O=C(O)C[C@H](NC(=O)[C@@H]1CC2CCC1(NC(=O)[C@@H]1CCCN1)CC2)C(=O)O. The summed E-state index contributed by atoms with van der Waals surface area (Å²) >= 11 is 0. The second-order valence-electron chi connectivity index (χ2n) is 8.02. The van der Waals surface area contributed by atoms with Crippen molar-refractivity contribution >= 4 is 23.8 Å². The average Bonchev–Trinajstić information content (AvgIpc) is 3.16. The lowest BCUT2D eigenvalue weighted by atomic mass is 9.59. The third-order valence-electron chi connectivity index (χ3n) is 6.29. The van der Waals surface area contributed by atoms with E-state index in [0.717, 1.165) is 32.2 Å². The van der Waals surface area contributed by atoms with Crippen LogP contribution in [0.2, 0.25) is 0 Å². The predicted octanol–water partition coefficient (Wildman–Crippen LogP) is -0.152. The van der Waals surface area contributed by atoms with Crippen molar-refractivity contribution in [2.75, 3.05) is 6.54 Å². The molecule has 0 aromatic carbocycles. The molecule has 1 saturated heterocycles. The number of fused-ring (bicyclic) bond motifs is 3. The Kier molecular flexibility index (Phi) is 5.69. The number of hydrogen-bond donors (Lipinski definition) is 5. The van der Waals surface area contributed by atoms with Gasteiger partial charge in [0.05, 0.1) is 23.9 Å². The van der Waals surface area contributed by atoms with Gasteiger partial charge in [-0.15, -0.1) is 0 Å². The minimum atomic E-state index is -1.47. The second-order valence-corrected chi connectivity index (χ2v) is 8.02. The minimum absolute atomic E-state index is 0.106. The quantitative estimate of drug-likeness (QED) is 0.412. The smallest absolute Gasteiger partial charge is 0.326 e. The molecule has 4 aliphatic rings. The average molecular weight is 381 g/mol. The van der Waals surface area contributed by atoms with Crippen molar-refractivity contribution in [1.82, 2.24) is 16.0 Å². The molecule has 5 N–H and O–H groups in total. The van der Waals surface area contributed by atoms with Crippen molar-refractivity contribution in [3.05, 3.63) is 0 Å². The molecule has 27 heavy (non-hydrogen) atoms. The zero-order valence-corrected chi connectivity index (χ0v) is 15.2. The van der Waals surface area contributed by atoms with Crippen LogP contribution < -0.4 is 16.0 Å². The third kappa shape index (κ3) is 4.23. The largest absolute Gasteiger partial charge is 0.481 e. The number of rotatable bonds is 7. The van der Waals surface area contributed by atoms with Gasteiger partial charge >= 0.3 is 11.9 Å². The normalized spacial score (nSPS) is 33.3. The van der Waals surface area contributed by atoms with Crippen LogP contribution in [0.15, 0.2) is 0 Å². The van der Waals surface area contributed by atoms with Gasteiger partial charge in [-0.25, -0.2) is 4.79 Å². The number of amides is 2. The number of carboxylic acids is 2. The summed E-state index contributed by atoms with van der Waals surface area (Å²) in [5, 5.41) is 26.7. The van der Waals surface area contributed by atoms with Crippen LogP contribution in [-0.2, 0) is 19.2 Å². The van der Waals surface area contributed by atoms with Gasteiger partial charge in [0.15, 0.2) is 0 Å². The van der Waals surface area contributed by atoms with Crippen LogP contribution in [0.3, 0.4) is 0 Å². The molecular weight excluding hydrogens is 354 g/mol. The molecule has 9 nitrogen and oxygen atoms in total.